The van der Waals surface area contributed by atoms with Gasteiger partial charge in [-0.3, -0.25) is 14.5 Å². The van der Waals surface area contributed by atoms with Gasteiger partial charge in [0.25, 0.3) is 5.91 Å². The Morgan fingerprint density at radius 3 is 2.37 bits per heavy atom. The molecule has 1 aliphatic heterocycles. The zero-order valence-corrected chi connectivity index (χ0v) is 12.0. The highest BCUT2D eigenvalue weighted by Crippen LogP contribution is 2.36. The highest BCUT2D eigenvalue weighted by atomic mass is 16.5. The Bertz CT molecular complexity index is 546. The Balaban J connectivity index is 2.66. The van der Waals surface area contributed by atoms with Crippen LogP contribution < -0.4 is 4.74 Å². The van der Waals surface area contributed by atoms with Gasteiger partial charge in [-0.1, -0.05) is 6.07 Å². The van der Waals surface area contributed by atoms with Crippen molar-refractivity contribution in [3.63, 3.8) is 0 Å². The molecule has 0 N–H and O–H groups in total. The molecule has 1 aliphatic rings. The van der Waals surface area contributed by atoms with Crippen molar-refractivity contribution >= 4 is 11.8 Å². The first-order chi connectivity index (χ1) is 8.80. The average Bonchev–Trinajstić information content (AvgIpc) is 2.36. The van der Waals surface area contributed by atoms with Crippen LogP contribution in [0.3, 0.4) is 0 Å². The summed E-state index contributed by atoms with van der Waals surface area (Å²) in [5.74, 6) is 0.236. The zero-order valence-electron chi connectivity index (χ0n) is 12.0. The third kappa shape index (κ3) is 1.91. The predicted molar refractivity (Wildman–Crippen MR) is 72.3 cm³/mol. The number of carbonyl (C=O) groups excluding carboxylic acids is 2. The minimum atomic E-state index is -0.695. The summed E-state index contributed by atoms with van der Waals surface area (Å²) < 4.78 is 5.16. The summed E-state index contributed by atoms with van der Waals surface area (Å²) in [6.45, 7) is 7.39. The first-order valence-electron chi connectivity index (χ1n) is 6.37. The van der Waals surface area contributed by atoms with Gasteiger partial charge in [-0.25, -0.2) is 0 Å². The van der Waals surface area contributed by atoms with Gasteiger partial charge >= 0.3 is 0 Å². The zero-order chi connectivity index (χ0) is 14.4. The summed E-state index contributed by atoms with van der Waals surface area (Å²) in [6, 6.07) is 5.15. The number of benzene rings is 1. The topological polar surface area (TPSA) is 46.6 Å². The number of amides is 2. The second-order valence-corrected chi connectivity index (χ2v) is 5.61. The van der Waals surface area contributed by atoms with Gasteiger partial charge in [0.1, 0.15) is 5.75 Å². The fraction of sp³-hybridized carbons (Fsp3) is 0.467. The van der Waals surface area contributed by atoms with Crippen LogP contribution in [-0.4, -0.2) is 29.9 Å². The highest BCUT2D eigenvalue weighted by Gasteiger charge is 2.45. The van der Waals surface area contributed by atoms with Crippen LogP contribution in [0.1, 0.15) is 43.6 Å². The second kappa shape index (κ2) is 4.37. The molecule has 0 saturated carbocycles. The van der Waals surface area contributed by atoms with Gasteiger partial charge in [-0.15, -0.1) is 0 Å². The minimum Gasteiger partial charge on any atom is -0.497 e. The van der Waals surface area contributed by atoms with E-state index in [0.29, 0.717) is 11.3 Å². The fourth-order valence-electron chi connectivity index (χ4n) is 2.48. The monoisotopic (exact) mass is 261 g/mol. The van der Waals surface area contributed by atoms with Gasteiger partial charge in [-0.05, 0) is 45.4 Å². The third-order valence-electron chi connectivity index (χ3n) is 3.62. The molecule has 0 aliphatic carbocycles. The van der Waals surface area contributed by atoms with Crippen molar-refractivity contribution in [3.05, 3.63) is 29.3 Å². The van der Waals surface area contributed by atoms with Gasteiger partial charge < -0.3 is 4.74 Å². The number of methoxy groups -OCH3 is 1. The van der Waals surface area contributed by atoms with Crippen molar-refractivity contribution in [3.8, 4) is 5.75 Å². The van der Waals surface area contributed by atoms with E-state index in [1.54, 1.807) is 19.2 Å². The van der Waals surface area contributed by atoms with Crippen LogP contribution in [0.5, 0.6) is 5.75 Å². The van der Waals surface area contributed by atoms with E-state index in [2.05, 4.69) is 0 Å². The number of nitrogens with zero attached hydrogens (tertiary/aromatic N) is 1. The van der Waals surface area contributed by atoms with Crippen LogP contribution in [0, 0.1) is 0 Å². The van der Waals surface area contributed by atoms with Crippen LogP contribution in [0.2, 0.25) is 0 Å². The molecular formula is C15H19NO3. The molecule has 4 nitrogen and oxygen atoms in total. The van der Waals surface area contributed by atoms with E-state index in [4.69, 9.17) is 4.74 Å². The van der Waals surface area contributed by atoms with E-state index < -0.39 is 5.41 Å². The van der Waals surface area contributed by atoms with E-state index >= 15 is 0 Å². The summed E-state index contributed by atoms with van der Waals surface area (Å²) in [6.07, 6.45) is 0. The Hall–Kier alpha value is -1.84. The Morgan fingerprint density at radius 2 is 1.84 bits per heavy atom. The lowest BCUT2D eigenvalue weighted by Gasteiger charge is -2.39. The maximum atomic E-state index is 12.5. The van der Waals surface area contributed by atoms with Crippen molar-refractivity contribution < 1.29 is 14.3 Å². The standard InChI is InChI=1S/C15H19NO3/c1-9(2)16-13(17)11-8-10(19-5)6-7-12(11)15(3,4)14(16)18/h6-9H,1-5H3. The molecule has 2 amide bonds. The molecule has 0 saturated heterocycles. The van der Waals surface area contributed by atoms with Crippen LogP contribution >= 0.6 is 0 Å². The summed E-state index contributed by atoms with van der Waals surface area (Å²) in [7, 11) is 1.56. The molecule has 0 aromatic heterocycles. The van der Waals surface area contributed by atoms with Crippen LogP contribution in [0.15, 0.2) is 18.2 Å². The predicted octanol–water partition coefficient (Wildman–Crippen LogP) is 2.36. The molecule has 19 heavy (non-hydrogen) atoms. The third-order valence-corrected chi connectivity index (χ3v) is 3.62. The van der Waals surface area contributed by atoms with Crippen molar-refractivity contribution in [1.82, 2.24) is 4.90 Å². The van der Waals surface area contributed by atoms with E-state index in [1.165, 1.54) is 4.90 Å². The van der Waals surface area contributed by atoms with Gasteiger partial charge in [0, 0.05) is 11.6 Å². The van der Waals surface area contributed by atoms with E-state index in [9.17, 15) is 9.59 Å². The van der Waals surface area contributed by atoms with Crippen molar-refractivity contribution in [2.75, 3.05) is 7.11 Å². The molecule has 1 aromatic carbocycles. The number of hydrogen-bond donors (Lipinski definition) is 0. The lowest BCUT2D eigenvalue weighted by molar-refractivity contribution is -0.135. The number of imide groups is 1. The molecule has 4 heteroatoms. The van der Waals surface area contributed by atoms with Gasteiger partial charge in [0.15, 0.2) is 0 Å². The lowest BCUT2D eigenvalue weighted by atomic mass is 9.77. The van der Waals surface area contributed by atoms with E-state index in [1.807, 2.05) is 33.8 Å². The molecular weight excluding hydrogens is 242 g/mol. The maximum absolute atomic E-state index is 12.5. The Labute approximate surface area is 113 Å². The summed E-state index contributed by atoms with van der Waals surface area (Å²) in [5.41, 5.74) is 0.623. The maximum Gasteiger partial charge on any atom is 0.261 e. The number of rotatable bonds is 2. The molecule has 0 unspecified atom stereocenters. The average molecular weight is 261 g/mol. The van der Waals surface area contributed by atoms with Crippen LogP contribution in [0.25, 0.3) is 0 Å². The first-order valence-corrected chi connectivity index (χ1v) is 6.37. The van der Waals surface area contributed by atoms with Crippen molar-refractivity contribution in [1.29, 1.82) is 0 Å². The molecule has 0 bridgehead atoms. The summed E-state index contributed by atoms with van der Waals surface area (Å²) in [5, 5.41) is 0. The van der Waals surface area contributed by atoms with Gasteiger partial charge in [0.05, 0.1) is 12.5 Å². The van der Waals surface area contributed by atoms with Crippen molar-refractivity contribution in [2.45, 2.75) is 39.2 Å². The largest absolute Gasteiger partial charge is 0.497 e. The second-order valence-electron chi connectivity index (χ2n) is 5.61. The summed E-state index contributed by atoms with van der Waals surface area (Å²) >= 11 is 0. The Kier molecular flexibility index (Phi) is 3.12. The minimum absolute atomic E-state index is 0.148. The van der Waals surface area contributed by atoms with E-state index in [-0.39, 0.29) is 17.9 Å². The van der Waals surface area contributed by atoms with Crippen LogP contribution in [-0.2, 0) is 10.2 Å². The molecule has 0 fully saturated rings. The number of fused-ring (bicyclic) bond motifs is 1. The number of hydrogen-bond acceptors (Lipinski definition) is 3. The van der Waals surface area contributed by atoms with Crippen molar-refractivity contribution in [2.24, 2.45) is 0 Å². The highest BCUT2D eigenvalue weighted by molar-refractivity contribution is 6.13. The molecule has 0 spiro atoms. The molecule has 1 aromatic rings. The molecule has 0 radical (unpaired) electrons. The summed E-state index contributed by atoms with van der Waals surface area (Å²) in [4.78, 5) is 26.3. The normalized spacial score (nSPS) is 17.7. The van der Waals surface area contributed by atoms with E-state index in [0.717, 1.165) is 5.56 Å². The molecule has 1 heterocycles. The smallest absolute Gasteiger partial charge is 0.261 e. The SMILES string of the molecule is COc1ccc2c(c1)C(=O)N(C(C)C)C(=O)C2(C)C. The molecule has 2 rings (SSSR count). The fourth-order valence-corrected chi connectivity index (χ4v) is 2.48. The molecule has 102 valence electrons. The first kappa shape index (κ1) is 13.6. The quantitative estimate of drug-likeness (QED) is 0.768. The number of ether oxygens (including phenoxy) is 1. The van der Waals surface area contributed by atoms with Gasteiger partial charge in [0.2, 0.25) is 5.91 Å². The Morgan fingerprint density at radius 1 is 1.21 bits per heavy atom. The lowest BCUT2D eigenvalue weighted by Crippen LogP contribution is -2.54. The number of carbonyl (C=O) groups is 2. The van der Waals surface area contributed by atoms with Gasteiger partial charge in [-0.2, -0.15) is 0 Å². The molecule has 0 atom stereocenters. The van der Waals surface area contributed by atoms with Crippen LogP contribution in [0.4, 0.5) is 0 Å².